The van der Waals surface area contributed by atoms with E-state index in [4.69, 9.17) is 11.0 Å². The smallest absolute Gasteiger partial charge is 0.230 e. The first-order valence-corrected chi connectivity index (χ1v) is 8.29. The fourth-order valence-electron chi connectivity index (χ4n) is 2.75. The van der Waals surface area contributed by atoms with Gasteiger partial charge in [-0.2, -0.15) is 25.5 Å². The van der Waals surface area contributed by atoms with E-state index in [0.717, 1.165) is 16.5 Å². The molecule has 0 amide bonds. The van der Waals surface area contributed by atoms with Crippen LogP contribution >= 0.6 is 0 Å². The van der Waals surface area contributed by atoms with Crippen molar-refractivity contribution >= 4 is 34.4 Å². The van der Waals surface area contributed by atoms with Gasteiger partial charge in [0.05, 0.1) is 18.1 Å². The molecule has 2 aromatic heterocycles. The van der Waals surface area contributed by atoms with Crippen LogP contribution < -0.4 is 10.6 Å². The van der Waals surface area contributed by atoms with E-state index < -0.39 is 0 Å². The number of allylic oxidation sites excluding steroid dienone is 1. The molecule has 27 heavy (non-hydrogen) atoms. The molecule has 0 saturated carbocycles. The number of rotatable bonds is 5. The molecule has 2 heterocycles. The number of nitrogens with two attached hydrogens (primary N) is 1. The molecule has 8 heteroatoms. The van der Waals surface area contributed by atoms with Crippen LogP contribution in [0.1, 0.15) is 17.8 Å². The Kier molecular flexibility index (Phi) is 5.00. The molecule has 0 aliphatic carbocycles. The van der Waals surface area contributed by atoms with Crippen molar-refractivity contribution in [1.82, 2.24) is 19.5 Å². The normalized spacial score (nSPS) is 11.2. The highest BCUT2D eigenvalue weighted by molar-refractivity contribution is 5.97. The molecule has 134 valence electrons. The van der Waals surface area contributed by atoms with Crippen LogP contribution in [0.2, 0.25) is 0 Å². The van der Waals surface area contributed by atoms with E-state index >= 15 is 0 Å². The maximum absolute atomic E-state index is 9.66. The summed E-state index contributed by atoms with van der Waals surface area (Å²) in [7, 11) is 3.58. The van der Waals surface area contributed by atoms with Crippen molar-refractivity contribution in [3.05, 3.63) is 41.9 Å². The SMILES string of the molecule is CN(C)c1nc(N)nc(/C(C#N)=C/c2cn(CCC#N)c3ccccc23)n1. The average Bonchev–Trinajstić information content (AvgIpc) is 3.01. The van der Waals surface area contributed by atoms with Crippen LogP contribution in [0.3, 0.4) is 0 Å². The van der Waals surface area contributed by atoms with Crippen molar-refractivity contribution in [2.75, 3.05) is 24.7 Å². The van der Waals surface area contributed by atoms with E-state index in [1.54, 1.807) is 25.1 Å². The molecule has 0 unspecified atom stereocenters. The van der Waals surface area contributed by atoms with Crippen molar-refractivity contribution in [2.45, 2.75) is 13.0 Å². The monoisotopic (exact) mass is 358 g/mol. The zero-order valence-corrected chi connectivity index (χ0v) is 15.1. The molecule has 0 atom stereocenters. The third-order valence-corrected chi connectivity index (χ3v) is 3.99. The van der Waals surface area contributed by atoms with Crippen LogP contribution in [0.15, 0.2) is 30.5 Å². The van der Waals surface area contributed by atoms with E-state index in [9.17, 15) is 5.26 Å². The lowest BCUT2D eigenvalue weighted by atomic mass is 10.1. The summed E-state index contributed by atoms with van der Waals surface area (Å²) in [6, 6.07) is 12.2. The zero-order chi connectivity index (χ0) is 19.4. The molecule has 3 rings (SSSR count). The number of nitriles is 2. The quantitative estimate of drug-likeness (QED) is 0.695. The number of nitrogen functional groups attached to an aromatic ring is 1. The van der Waals surface area contributed by atoms with Gasteiger partial charge in [0.2, 0.25) is 11.9 Å². The Balaban J connectivity index is 2.12. The topological polar surface area (TPSA) is 120 Å². The minimum absolute atomic E-state index is 0.0568. The van der Waals surface area contributed by atoms with Crippen molar-refractivity contribution in [2.24, 2.45) is 0 Å². The van der Waals surface area contributed by atoms with E-state index in [1.165, 1.54) is 0 Å². The number of para-hydroxylation sites is 1. The fraction of sp³-hybridized carbons (Fsp3) is 0.211. The van der Waals surface area contributed by atoms with Crippen molar-refractivity contribution in [3.8, 4) is 12.1 Å². The molecule has 0 bridgehead atoms. The third kappa shape index (κ3) is 3.70. The zero-order valence-electron chi connectivity index (χ0n) is 15.1. The first-order valence-electron chi connectivity index (χ1n) is 8.29. The summed E-state index contributed by atoms with van der Waals surface area (Å²) in [5, 5.41) is 19.5. The summed E-state index contributed by atoms with van der Waals surface area (Å²) in [5.74, 6) is 0.666. The van der Waals surface area contributed by atoms with E-state index in [-0.39, 0.29) is 17.3 Å². The molecule has 3 aromatic rings. The Morgan fingerprint density at radius 1 is 1.22 bits per heavy atom. The molecule has 2 N–H and O–H groups in total. The highest BCUT2D eigenvalue weighted by Crippen LogP contribution is 2.26. The second-order valence-corrected chi connectivity index (χ2v) is 6.08. The second-order valence-electron chi connectivity index (χ2n) is 6.08. The largest absolute Gasteiger partial charge is 0.368 e. The molecule has 0 saturated heterocycles. The minimum Gasteiger partial charge on any atom is -0.368 e. The Hall–Kier alpha value is -3.91. The van der Waals surface area contributed by atoms with E-state index in [0.29, 0.717) is 18.9 Å². The Morgan fingerprint density at radius 3 is 2.70 bits per heavy atom. The van der Waals surface area contributed by atoms with Crippen LogP contribution in [0.25, 0.3) is 22.6 Å². The summed E-state index contributed by atoms with van der Waals surface area (Å²) in [6.45, 7) is 0.580. The molecule has 0 radical (unpaired) electrons. The molecule has 0 spiro atoms. The molecule has 0 aliphatic heterocycles. The Morgan fingerprint density at radius 2 is 2.00 bits per heavy atom. The number of aryl methyl sites for hydroxylation is 1. The Labute approximate surface area is 156 Å². The summed E-state index contributed by atoms with van der Waals surface area (Å²) in [6.07, 6.45) is 4.07. The van der Waals surface area contributed by atoms with Gasteiger partial charge in [0.25, 0.3) is 0 Å². The van der Waals surface area contributed by atoms with Crippen LogP contribution in [0.4, 0.5) is 11.9 Å². The fourth-order valence-corrected chi connectivity index (χ4v) is 2.75. The first kappa shape index (κ1) is 17.9. The lowest BCUT2D eigenvalue weighted by Gasteiger charge is -2.10. The van der Waals surface area contributed by atoms with Gasteiger partial charge in [-0.3, -0.25) is 0 Å². The molecule has 1 aromatic carbocycles. The van der Waals surface area contributed by atoms with Gasteiger partial charge in [0.15, 0.2) is 5.82 Å². The predicted octanol–water partition coefficient (Wildman–Crippen LogP) is 2.45. The minimum atomic E-state index is 0.0568. The van der Waals surface area contributed by atoms with E-state index in [2.05, 4.69) is 27.1 Å². The standard InChI is InChI=1S/C19H18N8/c1-26(2)19-24-17(23-18(22)25-19)13(11-21)10-14-12-27(9-5-8-20)16-7-4-3-6-15(14)16/h3-4,6-7,10,12H,5,9H2,1-2H3,(H2,22,23,24,25)/b13-10+. The number of nitrogens with zero attached hydrogens (tertiary/aromatic N) is 7. The van der Waals surface area contributed by atoms with Crippen molar-refractivity contribution < 1.29 is 0 Å². The maximum atomic E-state index is 9.66. The van der Waals surface area contributed by atoms with E-state index in [1.807, 2.05) is 35.0 Å². The number of benzene rings is 1. The summed E-state index contributed by atoms with van der Waals surface area (Å²) >= 11 is 0. The maximum Gasteiger partial charge on any atom is 0.230 e. The van der Waals surface area contributed by atoms with Crippen molar-refractivity contribution in [1.29, 1.82) is 10.5 Å². The summed E-state index contributed by atoms with van der Waals surface area (Å²) in [4.78, 5) is 14.2. The lowest BCUT2D eigenvalue weighted by molar-refractivity contribution is 0.744. The first-order chi connectivity index (χ1) is 13.0. The number of aromatic nitrogens is 4. The molecule has 0 fully saturated rings. The molecule has 0 aliphatic rings. The molecule has 8 nitrogen and oxygen atoms in total. The summed E-state index contributed by atoms with van der Waals surface area (Å²) in [5.41, 5.74) is 7.91. The van der Waals surface area contributed by atoms with Gasteiger partial charge >= 0.3 is 0 Å². The second kappa shape index (κ2) is 7.54. The molecular formula is C19H18N8. The van der Waals surface area contributed by atoms with Crippen LogP contribution in [0, 0.1) is 22.7 Å². The van der Waals surface area contributed by atoms with Gasteiger partial charge in [-0.1, -0.05) is 18.2 Å². The predicted molar refractivity (Wildman–Crippen MR) is 104 cm³/mol. The number of anilines is 2. The number of hydrogen-bond acceptors (Lipinski definition) is 7. The highest BCUT2D eigenvalue weighted by Gasteiger charge is 2.13. The summed E-state index contributed by atoms with van der Waals surface area (Å²) < 4.78 is 2.01. The lowest BCUT2D eigenvalue weighted by Crippen LogP contribution is -2.15. The van der Waals surface area contributed by atoms with Crippen LogP contribution in [0.5, 0.6) is 0 Å². The van der Waals surface area contributed by atoms with Gasteiger partial charge in [-0.25, -0.2) is 0 Å². The molecular weight excluding hydrogens is 340 g/mol. The highest BCUT2D eigenvalue weighted by atomic mass is 15.3. The van der Waals surface area contributed by atoms with Gasteiger partial charge in [-0.05, 0) is 12.1 Å². The van der Waals surface area contributed by atoms with Gasteiger partial charge in [0, 0.05) is 43.3 Å². The Bertz CT molecular complexity index is 1100. The van der Waals surface area contributed by atoms with Crippen molar-refractivity contribution in [3.63, 3.8) is 0 Å². The average molecular weight is 358 g/mol. The van der Waals surface area contributed by atoms with Gasteiger partial charge in [0.1, 0.15) is 6.07 Å². The number of fused-ring (bicyclic) bond motifs is 1. The van der Waals surface area contributed by atoms with Crippen LogP contribution in [-0.4, -0.2) is 33.6 Å². The van der Waals surface area contributed by atoms with Gasteiger partial charge in [-0.15, -0.1) is 0 Å². The third-order valence-electron chi connectivity index (χ3n) is 3.99. The van der Waals surface area contributed by atoms with Gasteiger partial charge < -0.3 is 15.2 Å². The number of hydrogen-bond donors (Lipinski definition) is 1. The van der Waals surface area contributed by atoms with Crippen LogP contribution in [-0.2, 0) is 6.54 Å².